The quantitative estimate of drug-likeness (QED) is 0.628. The summed E-state index contributed by atoms with van der Waals surface area (Å²) in [5.74, 6) is 0.0682. The topological polar surface area (TPSA) is 69.1 Å². The Morgan fingerprint density at radius 2 is 2.04 bits per heavy atom. The maximum Gasteiger partial charge on any atom is 0.282 e. The van der Waals surface area contributed by atoms with Crippen molar-refractivity contribution in [3.05, 3.63) is 59.0 Å². The molecule has 0 aromatic heterocycles. The highest BCUT2D eigenvalue weighted by Crippen LogP contribution is 2.30. The zero-order valence-corrected chi connectivity index (χ0v) is 12.2. The van der Waals surface area contributed by atoms with Crippen LogP contribution in [0.3, 0.4) is 0 Å². The van der Waals surface area contributed by atoms with Crippen LogP contribution in [0.25, 0.3) is 27.8 Å². The molecule has 0 saturated carbocycles. The van der Waals surface area contributed by atoms with Crippen LogP contribution in [0, 0.1) is 0 Å². The van der Waals surface area contributed by atoms with E-state index in [0.29, 0.717) is 16.6 Å². The lowest BCUT2D eigenvalue weighted by Crippen LogP contribution is -2.15. The first-order chi connectivity index (χ1) is 14.0. The number of hydrogen-bond donors (Lipinski definition) is 1. The monoisotopic (exact) mass is 327 g/mol. The Hall–Kier alpha value is -3.28. The van der Waals surface area contributed by atoms with Gasteiger partial charge in [0.1, 0.15) is 22.9 Å². The van der Waals surface area contributed by atoms with Gasteiger partial charge in [0.25, 0.3) is 5.56 Å². The van der Waals surface area contributed by atoms with Crippen LogP contribution in [0.4, 0.5) is 0 Å². The Morgan fingerprint density at radius 3 is 2.92 bits per heavy atom. The Bertz CT molecular complexity index is 1260. The van der Waals surface area contributed by atoms with Crippen LogP contribution in [-0.4, -0.2) is 28.8 Å². The molecule has 6 heteroatoms. The smallest absolute Gasteiger partial charge is 0.282 e. The van der Waals surface area contributed by atoms with Gasteiger partial charge in [0, 0.05) is 17.1 Å². The van der Waals surface area contributed by atoms with E-state index >= 15 is 0 Å². The average Bonchev–Trinajstić information content (AvgIpc) is 2.97. The van der Waals surface area contributed by atoms with Gasteiger partial charge in [-0.05, 0) is 30.3 Å². The molecule has 0 saturated heterocycles. The molecular formula is C18H15N3O3. The number of rotatable bonds is 3. The number of fused-ring (bicyclic) bond motifs is 3. The second-order valence-corrected chi connectivity index (χ2v) is 5.15. The number of aromatic nitrogens is 3. The zero-order valence-electron chi connectivity index (χ0n) is 18.2. The van der Waals surface area contributed by atoms with E-state index in [9.17, 15) is 4.79 Å². The van der Waals surface area contributed by atoms with Gasteiger partial charge < -0.3 is 14.5 Å². The predicted octanol–water partition coefficient (Wildman–Crippen LogP) is 2.84. The van der Waals surface area contributed by atoms with Crippen molar-refractivity contribution in [1.29, 1.82) is 0 Å². The van der Waals surface area contributed by atoms with E-state index < -0.39 is 19.6 Å². The van der Waals surface area contributed by atoms with E-state index in [2.05, 4.69) is 10.1 Å². The largest absolute Gasteiger partial charge is 0.497 e. The highest BCUT2D eigenvalue weighted by atomic mass is 16.5. The number of nitrogens with one attached hydrogen (secondary N) is 1. The first-order valence-corrected chi connectivity index (χ1v) is 7.03. The van der Waals surface area contributed by atoms with Crippen LogP contribution < -0.4 is 15.0 Å². The number of ether oxygens (including phenoxy) is 2. The van der Waals surface area contributed by atoms with Gasteiger partial charge in [-0.25, -0.2) is 0 Å². The van der Waals surface area contributed by atoms with Crippen molar-refractivity contribution in [3.8, 4) is 28.4 Å². The number of aromatic amines is 1. The summed E-state index contributed by atoms with van der Waals surface area (Å²) in [5.41, 5.74) is 0.812. The third-order valence-electron chi connectivity index (χ3n) is 3.82. The summed E-state index contributed by atoms with van der Waals surface area (Å²) in [4.78, 5) is 15.9. The molecule has 4 rings (SSSR count). The van der Waals surface area contributed by atoms with Crippen molar-refractivity contribution >= 4 is 10.9 Å². The van der Waals surface area contributed by atoms with E-state index in [1.165, 1.54) is 30.5 Å². The molecule has 120 valence electrons. The van der Waals surface area contributed by atoms with Crippen LogP contribution >= 0.6 is 0 Å². The Kier molecular flexibility index (Phi) is 2.06. The summed E-state index contributed by atoms with van der Waals surface area (Å²) in [7, 11) is -5.33. The number of H-pyrrole nitrogens is 1. The number of methoxy groups -OCH3 is 2. The number of hydrogen-bond acceptors (Lipinski definition) is 4. The van der Waals surface area contributed by atoms with Crippen molar-refractivity contribution in [2.24, 2.45) is 0 Å². The van der Waals surface area contributed by atoms with Gasteiger partial charge in [0.2, 0.25) is 0 Å². The first-order valence-electron chi connectivity index (χ1n) is 10.0. The van der Waals surface area contributed by atoms with Crippen LogP contribution in [0.2, 0.25) is 0 Å². The predicted molar refractivity (Wildman–Crippen MR) is 91.4 cm³/mol. The highest BCUT2D eigenvalue weighted by Gasteiger charge is 2.20. The Morgan fingerprint density at radius 1 is 1.17 bits per heavy atom. The lowest BCUT2D eigenvalue weighted by Gasteiger charge is -2.06. The van der Waals surface area contributed by atoms with Crippen molar-refractivity contribution in [3.63, 3.8) is 0 Å². The summed E-state index contributed by atoms with van der Waals surface area (Å²) in [6.07, 6.45) is 1.49. The molecule has 0 amide bonds. The molecule has 6 nitrogen and oxygen atoms in total. The second-order valence-electron chi connectivity index (χ2n) is 5.15. The number of para-hydroxylation sites is 2. The van der Waals surface area contributed by atoms with Crippen molar-refractivity contribution < 1.29 is 17.7 Å². The van der Waals surface area contributed by atoms with E-state index in [0.717, 1.165) is 4.68 Å². The Labute approximate surface area is 146 Å². The molecule has 0 spiro atoms. The summed E-state index contributed by atoms with van der Waals surface area (Å²) >= 11 is 0. The maximum atomic E-state index is 13.0. The minimum absolute atomic E-state index is 0.0258. The van der Waals surface area contributed by atoms with Gasteiger partial charge in [-0.1, -0.05) is 12.1 Å². The molecule has 0 aliphatic carbocycles. The summed E-state index contributed by atoms with van der Waals surface area (Å²) in [6.45, 7) is 0. The summed E-state index contributed by atoms with van der Waals surface area (Å²) in [5, 5.41) is 4.83. The number of benzene rings is 2. The van der Waals surface area contributed by atoms with Gasteiger partial charge in [-0.3, -0.25) is 4.79 Å². The van der Waals surface area contributed by atoms with Gasteiger partial charge in [0.05, 0.1) is 27.9 Å². The molecule has 0 bridgehead atoms. The van der Waals surface area contributed by atoms with Crippen molar-refractivity contribution in [1.82, 2.24) is 14.8 Å². The molecule has 0 radical (unpaired) electrons. The second kappa shape index (κ2) is 5.42. The first kappa shape index (κ1) is 9.12. The minimum atomic E-state index is -2.70. The van der Waals surface area contributed by atoms with Crippen molar-refractivity contribution in [2.75, 3.05) is 14.1 Å². The SMILES string of the molecule is [2H]C([2H])([2H])Oc1ccc2[nH]cc3c(=O)n(-c4ccccc4OC([2H])([2H])[2H])nc-3c2c1. The van der Waals surface area contributed by atoms with E-state index in [1.807, 2.05) is 0 Å². The fourth-order valence-corrected chi connectivity index (χ4v) is 2.68. The van der Waals surface area contributed by atoms with Crippen LogP contribution in [0.15, 0.2) is 53.5 Å². The normalized spacial score (nSPS) is 15.8. The van der Waals surface area contributed by atoms with Crippen LogP contribution in [-0.2, 0) is 0 Å². The fraction of sp³-hybridized carbons (Fsp3) is 0.111. The molecule has 0 fully saturated rings. The molecule has 0 atom stereocenters. The highest BCUT2D eigenvalue weighted by molar-refractivity contribution is 5.94. The van der Waals surface area contributed by atoms with E-state index in [-0.39, 0.29) is 22.7 Å². The molecule has 0 unspecified atom stereocenters. The minimum Gasteiger partial charge on any atom is -0.497 e. The van der Waals surface area contributed by atoms with Gasteiger partial charge in [-0.2, -0.15) is 9.78 Å². The maximum absolute atomic E-state index is 13.0. The molecule has 2 heterocycles. The molecule has 2 aromatic carbocycles. The number of pyridine rings is 1. The van der Waals surface area contributed by atoms with Gasteiger partial charge in [-0.15, -0.1) is 0 Å². The number of nitrogens with zero attached hydrogens (tertiary/aromatic N) is 2. The lowest BCUT2D eigenvalue weighted by atomic mass is 10.1. The fourth-order valence-electron chi connectivity index (χ4n) is 2.68. The lowest BCUT2D eigenvalue weighted by molar-refractivity contribution is 0.411. The summed E-state index contributed by atoms with van der Waals surface area (Å²) in [6, 6.07) is 10.7. The zero-order chi connectivity index (χ0) is 21.7. The average molecular weight is 327 g/mol. The van der Waals surface area contributed by atoms with E-state index in [4.69, 9.17) is 17.7 Å². The molecule has 1 N–H and O–H groups in total. The third-order valence-corrected chi connectivity index (χ3v) is 3.82. The standard InChI is InChI=1S/C18H15N3O3/c1-23-11-7-8-14-12(9-11)17-13(10-19-14)18(22)21(20-17)15-5-3-4-6-16(15)24-2/h3-10,19H,1-2H3/i1D3,2D3. The molecule has 24 heavy (non-hydrogen) atoms. The van der Waals surface area contributed by atoms with Crippen LogP contribution in [0.5, 0.6) is 11.5 Å². The third kappa shape index (κ3) is 2.04. The Balaban J connectivity index is 1.91. The van der Waals surface area contributed by atoms with Crippen LogP contribution in [0.1, 0.15) is 8.22 Å². The van der Waals surface area contributed by atoms with Crippen molar-refractivity contribution in [2.45, 2.75) is 0 Å². The van der Waals surface area contributed by atoms with Gasteiger partial charge in [0.15, 0.2) is 0 Å². The molecule has 2 aliphatic heterocycles. The van der Waals surface area contributed by atoms with E-state index in [1.54, 1.807) is 18.2 Å². The summed E-state index contributed by atoms with van der Waals surface area (Å²) < 4.78 is 54.8. The molecule has 2 aromatic rings. The van der Waals surface area contributed by atoms with Gasteiger partial charge >= 0.3 is 0 Å². The molecular weight excluding hydrogens is 306 g/mol. The molecule has 2 aliphatic rings.